The minimum atomic E-state index is 0.822. The summed E-state index contributed by atoms with van der Waals surface area (Å²) in [6.07, 6.45) is 3.71. The first-order valence-corrected chi connectivity index (χ1v) is 2.43. The van der Waals surface area contributed by atoms with Crippen LogP contribution in [-0.2, 0) is 4.79 Å². The molecule has 0 unspecified atom stereocenters. The molecular weight excluding hydrogens is 86.9 g/mol. The second-order valence-electron chi connectivity index (χ2n) is 1.47. The highest BCUT2D eigenvalue weighted by Crippen LogP contribution is 1.83. The Kier molecular flexibility index (Phi) is 3.38. The summed E-state index contributed by atoms with van der Waals surface area (Å²) in [6, 6.07) is 0. The molecule has 0 N–H and O–H groups in total. The third kappa shape index (κ3) is 3.30. The lowest BCUT2D eigenvalue weighted by molar-refractivity contribution is -0.104. The van der Waals surface area contributed by atoms with Crippen molar-refractivity contribution in [2.24, 2.45) is 0 Å². The molecule has 0 saturated carbocycles. The molecule has 38 valence electrons. The van der Waals surface area contributed by atoms with E-state index in [1.54, 1.807) is 7.85 Å². The minimum Gasteiger partial charge on any atom is -0.299 e. The molecule has 0 bridgehead atoms. The van der Waals surface area contributed by atoms with Crippen LogP contribution >= 0.6 is 0 Å². The van der Waals surface area contributed by atoms with Crippen LogP contribution in [0.15, 0.2) is 11.5 Å². The van der Waals surface area contributed by atoms with Gasteiger partial charge in [-0.2, -0.15) is 0 Å². The fraction of sp³-hybridized carbons (Fsp3) is 0.400. The van der Waals surface area contributed by atoms with Crippen LogP contribution in [0.2, 0.25) is 0 Å². The van der Waals surface area contributed by atoms with Gasteiger partial charge in [0.2, 0.25) is 0 Å². The lowest BCUT2D eigenvalue weighted by Crippen LogP contribution is -1.79. The smallest absolute Gasteiger partial charge is 0.143 e. The van der Waals surface area contributed by atoms with Gasteiger partial charge in [0.25, 0.3) is 0 Å². The van der Waals surface area contributed by atoms with Crippen LogP contribution in [0.25, 0.3) is 0 Å². The summed E-state index contributed by atoms with van der Waals surface area (Å²) in [7, 11) is 1.80. The van der Waals surface area contributed by atoms with Crippen molar-refractivity contribution in [2.45, 2.75) is 13.3 Å². The Balaban J connectivity index is 3.49. The zero-order valence-corrected chi connectivity index (χ0v) is 4.77. The van der Waals surface area contributed by atoms with E-state index in [1.807, 2.05) is 13.0 Å². The summed E-state index contributed by atoms with van der Waals surface area (Å²) in [5.41, 5.74) is 0.822. The number of rotatable bonds is 2. The summed E-state index contributed by atoms with van der Waals surface area (Å²) in [5, 5.41) is 0. The Morgan fingerprint density at radius 1 is 1.86 bits per heavy atom. The molecule has 0 aliphatic carbocycles. The van der Waals surface area contributed by atoms with Gasteiger partial charge in [0.15, 0.2) is 0 Å². The average molecular weight is 95.9 g/mol. The minimum absolute atomic E-state index is 0.822. The van der Waals surface area contributed by atoms with Crippen LogP contribution in [0, 0.1) is 0 Å². The fourth-order valence-corrected chi connectivity index (χ4v) is 0.370. The van der Waals surface area contributed by atoms with Gasteiger partial charge in [0.1, 0.15) is 14.1 Å². The zero-order chi connectivity index (χ0) is 5.70. The molecule has 0 rings (SSSR count). The van der Waals surface area contributed by atoms with E-state index >= 15 is 0 Å². The molecule has 1 nitrogen and oxygen atoms in total. The lowest BCUT2D eigenvalue weighted by Gasteiger charge is -1.79. The molecule has 0 aliphatic rings. The lowest BCUT2D eigenvalue weighted by atomic mass is 9.97. The topological polar surface area (TPSA) is 17.1 Å². The highest BCUT2D eigenvalue weighted by Gasteiger charge is 1.77. The molecule has 0 aromatic carbocycles. The quantitative estimate of drug-likeness (QED) is 0.271. The van der Waals surface area contributed by atoms with E-state index in [-0.39, 0.29) is 0 Å². The maximum Gasteiger partial charge on any atom is 0.143 e. The van der Waals surface area contributed by atoms with Gasteiger partial charge in [-0.25, -0.2) is 0 Å². The molecule has 0 aromatic rings. The molecule has 0 heterocycles. The predicted molar refractivity (Wildman–Crippen MR) is 33.0 cm³/mol. The monoisotopic (exact) mass is 96.1 g/mol. The highest BCUT2D eigenvalue weighted by molar-refractivity contribution is 6.31. The predicted octanol–water partition coefficient (Wildman–Crippen LogP) is 0.112. The number of hydrogen-bond donors (Lipinski definition) is 0. The normalized spacial score (nSPS) is 11.3. The maximum absolute atomic E-state index is 9.83. The number of aldehydes is 1. The van der Waals surface area contributed by atoms with Crippen molar-refractivity contribution >= 4 is 14.1 Å². The molecule has 7 heavy (non-hydrogen) atoms. The van der Waals surface area contributed by atoms with Gasteiger partial charge in [0.05, 0.1) is 0 Å². The zero-order valence-electron chi connectivity index (χ0n) is 4.77. The van der Waals surface area contributed by atoms with Gasteiger partial charge >= 0.3 is 0 Å². The molecule has 0 saturated heterocycles. The summed E-state index contributed by atoms with van der Waals surface area (Å²) < 4.78 is 0. The van der Waals surface area contributed by atoms with Gasteiger partial charge in [-0.3, -0.25) is 4.79 Å². The van der Waals surface area contributed by atoms with Crippen molar-refractivity contribution in [2.75, 3.05) is 0 Å². The van der Waals surface area contributed by atoms with Crippen molar-refractivity contribution in [3.05, 3.63) is 11.5 Å². The SMILES string of the molecule is BC(C=O)=CCC. The van der Waals surface area contributed by atoms with E-state index in [0.717, 1.165) is 18.2 Å². The van der Waals surface area contributed by atoms with Crippen LogP contribution < -0.4 is 0 Å². The standard InChI is InChI=1S/C5H9BO/c1-2-3-5(6)4-7/h3-4H,2,6H2,1H3. The summed E-state index contributed by atoms with van der Waals surface area (Å²) >= 11 is 0. The third-order valence-electron chi connectivity index (χ3n) is 0.712. The van der Waals surface area contributed by atoms with E-state index in [9.17, 15) is 4.79 Å². The van der Waals surface area contributed by atoms with Crippen LogP contribution in [0.3, 0.4) is 0 Å². The summed E-state index contributed by atoms with van der Waals surface area (Å²) in [4.78, 5) is 9.83. The van der Waals surface area contributed by atoms with E-state index in [1.165, 1.54) is 0 Å². The first-order chi connectivity index (χ1) is 3.31. The average Bonchev–Trinajstić information content (AvgIpc) is 1.68. The van der Waals surface area contributed by atoms with Gasteiger partial charge in [-0.05, 0) is 6.42 Å². The molecular formula is C5H9BO. The molecule has 0 atom stereocenters. The first-order valence-electron chi connectivity index (χ1n) is 2.43. The third-order valence-corrected chi connectivity index (χ3v) is 0.712. The van der Waals surface area contributed by atoms with E-state index in [4.69, 9.17) is 0 Å². The Hall–Kier alpha value is -0.525. The molecule has 0 spiro atoms. The molecule has 0 amide bonds. The largest absolute Gasteiger partial charge is 0.299 e. The number of carbonyl (C=O) groups excluding carboxylic acids is 1. The Morgan fingerprint density at radius 2 is 2.43 bits per heavy atom. The van der Waals surface area contributed by atoms with E-state index < -0.39 is 0 Å². The van der Waals surface area contributed by atoms with Crippen molar-refractivity contribution < 1.29 is 4.79 Å². The van der Waals surface area contributed by atoms with Crippen molar-refractivity contribution in [1.29, 1.82) is 0 Å². The number of carbonyl (C=O) groups is 1. The fourth-order valence-electron chi connectivity index (χ4n) is 0.370. The molecule has 0 aromatic heterocycles. The Bertz CT molecular complexity index is 86.1. The number of allylic oxidation sites excluding steroid dienone is 2. The maximum atomic E-state index is 9.83. The number of hydrogen-bond acceptors (Lipinski definition) is 1. The second-order valence-corrected chi connectivity index (χ2v) is 1.47. The summed E-state index contributed by atoms with van der Waals surface area (Å²) in [5.74, 6) is 0. The van der Waals surface area contributed by atoms with Crippen LogP contribution in [-0.4, -0.2) is 14.1 Å². The van der Waals surface area contributed by atoms with Crippen molar-refractivity contribution in [3.63, 3.8) is 0 Å². The Morgan fingerprint density at radius 3 is 2.57 bits per heavy atom. The van der Waals surface area contributed by atoms with Gasteiger partial charge in [0, 0.05) is 0 Å². The van der Waals surface area contributed by atoms with Crippen LogP contribution in [0.4, 0.5) is 0 Å². The first kappa shape index (κ1) is 6.47. The molecule has 0 fully saturated rings. The molecule has 0 radical (unpaired) electrons. The van der Waals surface area contributed by atoms with Gasteiger partial charge in [-0.1, -0.05) is 18.5 Å². The van der Waals surface area contributed by atoms with Gasteiger partial charge < -0.3 is 0 Å². The second kappa shape index (κ2) is 3.66. The van der Waals surface area contributed by atoms with Crippen LogP contribution in [0.5, 0.6) is 0 Å². The van der Waals surface area contributed by atoms with E-state index in [0.29, 0.717) is 0 Å². The molecule has 2 heteroatoms. The van der Waals surface area contributed by atoms with E-state index in [2.05, 4.69) is 0 Å². The van der Waals surface area contributed by atoms with Crippen molar-refractivity contribution in [3.8, 4) is 0 Å². The Labute approximate surface area is 44.8 Å². The van der Waals surface area contributed by atoms with Crippen molar-refractivity contribution in [1.82, 2.24) is 0 Å². The molecule has 0 aliphatic heterocycles. The van der Waals surface area contributed by atoms with Gasteiger partial charge in [-0.15, -0.1) is 0 Å². The van der Waals surface area contributed by atoms with Crippen LogP contribution in [0.1, 0.15) is 13.3 Å². The summed E-state index contributed by atoms with van der Waals surface area (Å²) in [6.45, 7) is 2.01. The highest BCUT2D eigenvalue weighted by atomic mass is 16.1.